The van der Waals surface area contributed by atoms with Crippen molar-refractivity contribution in [3.63, 3.8) is 0 Å². The maximum atomic E-state index is 10.4. The van der Waals surface area contributed by atoms with E-state index in [9.17, 15) is 4.79 Å². The van der Waals surface area contributed by atoms with Crippen molar-refractivity contribution in [2.75, 3.05) is 6.61 Å². The molecule has 0 fully saturated rings. The minimum atomic E-state index is -5.39. The molecule has 0 aliphatic rings. The molecule has 78 valence electrons. The van der Waals surface area contributed by atoms with Gasteiger partial charge in [0, 0.05) is 5.57 Å². The number of ether oxygens (including phenoxy) is 1. The van der Waals surface area contributed by atoms with Gasteiger partial charge in [0.2, 0.25) is 0 Å². The van der Waals surface area contributed by atoms with Crippen LogP contribution in [0.4, 0.5) is 0 Å². The maximum absolute atomic E-state index is 10.4. The van der Waals surface area contributed by atoms with Gasteiger partial charge in [0.05, 0.1) is 6.61 Å². The first kappa shape index (κ1) is 14.8. The molecule has 0 N–H and O–H groups in total. The molecule has 0 heterocycles. The number of hydrogen-bond donors (Lipinski definition) is 0. The summed E-state index contributed by atoms with van der Waals surface area (Å²) in [7, 11) is -5.39. The lowest BCUT2D eigenvalue weighted by Gasteiger charge is -2.36. The second-order valence-corrected chi connectivity index (χ2v) is 2.84. The minimum Gasteiger partial charge on any atom is -0.822 e. The quantitative estimate of drug-likeness (QED) is 0.304. The average molecular weight is 209 g/mol. The number of esters is 1. The summed E-state index contributed by atoms with van der Waals surface area (Å²) in [5, 5.41) is 0. The first-order valence-corrected chi connectivity index (χ1v) is 4.70. The zero-order valence-electron chi connectivity index (χ0n) is 7.31. The Bertz CT molecular complexity index is 209. The Kier molecular flexibility index (Phi) is 7.75. The van der Waals surface area contributed by atoms with Gasteiger partial charge in [-0.1, -0.05) is 6.58 Å². The Balaban J connectivity index is 0. The van der Waals surface area contributed by atoms with Crippen molar-refractivity contribution in [3.8, 4) is 0 Å². The number of carbonyl (C=O) groups excluding carboxylic acids is 1. The van der Waals surface area contributed by atoms with Crippen molar-refractivity contribution >= 4 is 13.8 Å². The number of hydrogen-bond acceptors (Lipinski definition) is 6. The highest BCUT2D eigenvalue weighted by atomic mass is 31.2. The average Bonchev–Trinajstić information content (AvgIpc) is 1.84. The third-order valence-corrected chi connectivity index (χ3v) is 0.624. The molecule has 0 unspecified atom stereocenters. The van der Waals surface area contributed by atoms with Gasteiger partial charge in [-0.05, 0) is 13.8 Å². The summed E-state index contributed by atoms with van der Waals surface area (Å²) in [6.07, 6.45) is 0. The summed E-state index contributed by atoms with van der Waals surface area (Å²) in [4.78, 5) is 36.1. The van der Waals surface area contributed by atoms with E-state index >= 15 is 0 Å². The maximum Gasteiger partial charge on any atom is 0.333 e. The van der Waals surface area contributed by atoms with Crippen molar-refractivity contribution < 1.29 is 28.8 Å². The molecule has 0 aromatic heterocycles. The fourth-order valence-electron chi connectivity index (χ4n) is 0.254. The summed E-state index contributed by atoms with van der Waals surface area (Å²) in [5.74, 6) is -0.312. The molecule has 0 aromatic rings. The topological polar surface area (TPSA) is 113 Å². The zero-order chi connectivity index (χ0) is 11.1. The fraction of sp³-hybridized carbons (Fsp3) is 0.500. The standard InChI is InChI=1S/C6H10O2.H3O4P/c1-4-8-6(7)5(2)3;1-5(2,3)4/h2,4H2,1,3H3;(H3,1,2,3,4)/p-3. The molecule has 0 aromatic carbocycles. The third kappa shape index (κ3) is 24.6. The smallest absolute Gasteiger partial charge is 0.333 e. The second-order valence-electron chi connectivity index (χ2n) is 1.95. The summed E-state index contributed by atoms with van der Waals surface area (Å²) in [6, 6.07) is 0. The van der Waals surface area contributed by atoms with Crippen LogP contribution in [0.25, 0.3) is 0 Å². The lowest BCUT2D eigenvalue weighted by atomic mass is 10.4. The van der Waals surface area contributed by atoms with Crippen LogP contribution in [0.3, 0.4) is 0 Å². The van der Waals surface area contributed by atoms with Crippen LogP contribution in [0.1, 0.15) is 13.8 Å². The molecular weight excluding hydrogens is 199 g/mol. The van der Waals surface area contributed by atoms with Gasteiger partial charge in [0.25, 0.3) is 0 Å². The molecule has 0 amide bonds. The van der Waals surface area contributed by atoms with Crippen molar-refractivity contribution in [2.24, 2.45) is 0 Å². The molecule has 0 atom stereocenters. The molecule has 0 spiro atoms. The zero-order valence-corrected chi connectivity index (χ0v) is 8.21. The minimum absolute atomic E-state index is 0.312. The summed E-state index contributed by atoms with van der Waals surface area (Å²) in [5.41, 5.74) is 0.451. The molecule has 0 aliphatic carbocycles. The molecule has 13 heavy (non-hydrogen) atoms. The van der Waals surface area contributed by atoms with Crippen LogP contribution < -0.4 is 14.7 Å². The van der Waals surface area contributed by atoms with Gasteiger partial charge in [-0.25, -0.2) is 4.79 Å². The van der Waals surface area contributed by atoms with E-state index in [1.165, 1.54) is 0 Å². The fourth-order valence-corrected chi connectivity index (χ4v) is 0.254. The predicted molar refractivity (Wildman–Crippen MR) is 39.1 cm³/mol. The molecule has 0 saturated carbocycles. The highest BCUT2D eigenvalue weighted by Crippen LogP contribution is 2.03. The monoisotopic (exact) mass is 209 g/mol. The van der Waals surface area contributed by atoms with Crippen molar-refractivity contribution in [3.05, 3.63) is 12.2 Å². The summed E-state index contributed by atoms with van der Waals surface area (Å²) >= 11 is 0. The first-order valence-electron chi connectivity index (χ1n) is 3.24. The largest absolute Gasteiger partial charge is 0.822 e. The van der Waals surface area contributed by atoms with E-state index in [4.69, 9.17) is 19.2 Å². The summed E-state index contributed by atoms with van der Waals surface area (Å²) < 4.78 is 13.1. The molecule has 0 radical (unpaired) electrons. The van der Waals surface area contributed by atoms with Gasteiger partial charge in [0.15, 0.2) is 0 Å². The van der Waals surface area contributed by atoms with E-state index < -0.39 is 7.82 Å². The molecular formula is C6H10O6P-3. The first-order chi connectivity index (χ1) is 5.68. The lowest BCUT2D eigenvalue weighted by Crippen LogP contribution is -2.24. The Labute approximate surface area is 76.1 Å². The van der Waals surface area contributed by atoms with Crippen LogP contribution in [0, 0.1) is 0 Å². The van der Waals surface area contributed by atoms with E-state index in [-0.39, 0.29) is 5.97 Å². The van der Waals surface area contributed by atoms with E-state index in [0.29, 0.717) is 12.2 Å². The Morgan fingerprint density at radius 2 is 1.77 bits per heavy atom. The summed E-state index contributed by atoms with van der Waals surface area (Å²) in [6.45, 7) is 7.21. The number of rotatable bonds is 2. The van der Waals surface area contributed by atoms with Gasteiger partial charge in [-0.3, -0.25) is 0 Å². The molecule has 0 saturated heterocycles. The van der Waals surface area contributed by atoms with Crippen LogP contribution in [-0.2, 0) is 14.1 Å². The Hall–Kier alpha value is -0.680. The van der Waals surface area contributed by atoms with Crippen molar-refractivity contribution in [1.29, 1.82) is 0 Å². The second kappa shape index (κ2) is 6.80. The van der Waals surface area contributed by atoms with Crippen LogP contribution in [0.15, 0.2) is 12.2 Å². The SMILES string of the molecule is C=C(C)C(=O)OCC.O=P([O-])([O-])[O-]. The highest BCUT2D eigenvalue weighted by molar-refractivity contribution is 7.40. The lowest BCUT2D eigenvalue weighted by molar-refractivity contribution is -0.432. The van der Waals surface area contributed by atoms with Crippen LogP contribution in [0.2, 0.25) is 0 Å². The van der Waals surface area contributed by atoms with E-state index in [2.05, 4.69) is 11.3 Å². The molecule has 6 nitrogen and oxygen atoms in total. The number of phosphoric acid groups is 1. The predicted octanol–water partition coefficient (Wildman–Crippen LogP) is -1.70. The van der Waals surface area contributed by atoms with Crippen LogP contribution in [0.5, 0.6) is 0 Å². The molecule has 0 aliphatic heterocycles. The van der Waals surface area contributed by atoms with E-state index in [0.717, 1.165) is 0 Å². The van der Waals surface area contributed by atoms with Gasteiger partial charge < -0.3 is 24.0 Å². The van der Waals surface area contributed by atoms with Crippen LogP contribution >= 0.6 is 7.82 Å². The van der Waals surface area contributed by atoms with Crippen LogP contribution in [-0.4, -0.2) is 12.6 Å². The van der Waals surface area contributed by atoms with E-state index in [1.807, 2.05) is 0 Å². The molecule has 0 bridgehead atoms. The van der Waals surface area contributed by atoms with Gasteiger partial charge >= 0.3 is 5.97 Å². The highest BCUT2D eigenvalue weighted by Gasteiger charge is 1.98. The van der Waals surface area contributed by atoms with Crippen molar-refractivity contribution in [1.82, 2.24) is 0 Å². The van der Waals surface area contributed by atoms with E-state index in [1.54, 1.807) is 13.8 Å². The van der Waals surface area contributed by atoms with Gasteiger partial charge in [-0.15, -0.1) is 0 Å². The Morgan fingerprint density at radius 3 is 1.85 bits per heavy atom. The Morgan fingerprint density at radius 1 is 1.46 bits per heavy atom. The number of carbonyl (C=O) groups is 1. The molecule has 0 rings (SSSR count). The molecule has 7 heteroatoms. The van der Waals surface area contributed by atoms with Crippen molar-refractivity contribution in [2.45, 2.75) is 13.8 Å². The normalized spacial score (nSPS) is 9.62. The third-order valence-electron chi connectivity index (χ3n) is 0.624. The van der Waals surface area contributed by atoms with Gasteiger partial charge in [-0.2, -0.15) is 7.82 Å². The van der Waals surface area contributed by atoms with Gasteiger partial charge in [0.1, 0.15) is 0 Å².